The van der Waals surface area contributed by atoms with Crippen LogP contribution in [0.1, 0.15) is 31.9 Å². The second-order valence-electron chi connectivity index (χ2n) is 5.30. The summed E-state index contributed by atoms with van der Waals surface area (Å²) < 4.78 is 26.4. The first kappa shape index (κ1) is 14.0. The van der Waals surface area contributed by atoms with Gasteiger partial charge in [-0.25, -0.2) is 13.1 Å². The topological polar surface area (TPSA) is 72.2 Å². The molecule has 0 bridgehead atoms. The highest BCUT2D eigenvalue weighted by atomic mass is 32.2. The molecule has 0 atom stereocenters. The number of nitrogen functional groups attached to an aromatic ring is 1. The van der Waals surface area contributed by atoms with Gasteiger partial charge in [0.2, 0.25) is 10.0 Å². The second-order valence-corrected chi connectivity index (χ2v) is 7.02. The van der Waals surface area contributed by atoms with Crippen LogP contribution in [0.3, 0.4) is 0 Å². The lowest BCUT2D eigenvalue weighted by atomic mass is 10.1. The molecule has 0 aliphatic carbocycles. The summed E-state index contributed by atoms with van der Waals surface area (Å²) in [4.78, 5) is 0. The number of hydrogen-bond acceptors (Lipinski definition) is 3. The number of sulfonamides is 1. The Bertz CT molecular complexity index is 502. The summed E-state index contributed by atoms with van der Waals surface area (Å²) in [5, 5.41) is 0. The first-order chi connectivity index (χ1) is 7.59. The molecule has 0 aliphatic rings. The molecule has 0 unspecified atom stereocenters. The number of nitrogens with two attached hydrogens (primary N) is 1. The van der Waals surface area contributed by atoms with Crippen molar-refractivity contribution in [3.05, 3.63) is 29.3 Å². The van der Waals surface area contributed by atoms with Crippen molar-refractivity contribution in [1.29, 1.82) is 0 Å². The van der Waals surface area contributed by atoms with Gasteiger partial charge in [0.15, 0.2) is 0 Å². The van der Waals surface area contributed by atoms with E-state index in [2.05, 4.69) is 4.72 Å². The zero-order valence-corrected chi connectivity index (χ0v) is 11.6. The number of anilines is 1. The van der Waals surface area contributed by atoms with Gasteiger partial charge in [0.1, 0.15) is 0 Å². The van der Waals surface area contributed by atoms with E-state index in [-0.39, 0.29) is 5.75 Å². The molecule has 0 saturated heterocycles. The molecular formula is C12H20N2O2S. The van der Waals surface area contributed by atoms with Crippen molar-refractivity contribution < 1.29 is 8.42 Å². The summed E-state index contributed by atoms with van der Waals surface area (Å²) in [5.74, 6) is -0.0224. The van der Waals surface area contributed by atoms with Crippen LogP contribution in [0.25, 0.3) is 0 Å². The molecule has 5 heteroatoms. The number of aryl methyl sites for hydroxylation is 1. The quantitative estimate of drug-likeness (QED) is 0.810. The second kappa shape index (κ2) is 4.66. The van der Waals surface area contributed by atoms with Crippen molar-refractivity contribution in [2.75, 3.05) is 5.73 Å². The number of nitrogens with one attached hydrogen (secondary N) is 1. The van der Waals surface area contributed by atoms with Crippen molar-refractivity contribution in [1.82, 2.24) is 4.72 Å². The fourth-order valence-electron chi connectivity index (χ4n) is 1.55. The van der Waals surface area contributed by atoms with Gasteiger partial charge in [-0.3, -0.25) is 0 Å². The van der Waals surface area contributed by atoms with Crippen molar-refractivity contribution in [2.24, 2.45) is 0 Å². The average molecular weight is 256 g/mol. The minimum absolute atomic E-state index is 0.0224. The largest absolute Gasteiger partial charge is 0.399 e. The van der Waals surface area contributed by atoms with Gasteiger partial charge in [-0.2, -0.15) is 0 Å². The summed E-state index contributed by atoms with van der Waals surface area (Å²) in [6.07, 6.45) is 0. The van der Waals surface area contributed by atoms with Crippen LogP contribution >= 0.6 is 0 Å². The molecule has 0 heterocycles. The molecule has 3 N–H and O–H groups in total. The molecule has 0 saturated carbocycles. The molecule has 17 heavy (non-hydrogen) atoms. The third-order valence-corrected chi connectivity index (χ3v) is 3.79. The molecule has 0 radical (unpaired) electrons. The van der Waals surface area contributed by atoms with Gasteiger partial charge in [-0.15, -0.1) is 0 Å². The van der Waals surface area contributed by atoms with Gasteiger partial charge >= 0.3 is 0 Å². The summed E-state index contributed by atoms with van der Waals surface area (Å²) in [6.45, 7) is 7.32. The Morgan fingerprint density at radius 2 is 1.88 bits per heavy atom. The van der Waals surface area contributed by atoms with Crippen molar-refractivity contribution in [2.45, 2.75) is 39.0 Å². The molecule has 0 aliphatic heterocycles. The van der Waals surface area contributed by atoms with Crippen LogP contribution in [0.5, 0.6) is 0 Å². The van der Waals surface area contributed by atoms with Gasteiger partial charge in [0.25, 0.3) is 0 Å². The van der Waals surface area contributed by atoms with Gasteiger partial charge in [-0.1, -0.05) is 12.1 Å². The molecule has 0 amide bonds. The minimum Gasteiger partial charge on any atom is -0.399 e. The molecule has 0 spiro atoms. The van der Waals surface area contributed by atoms with Crippen molar-refractivity contribution >= 4 is 15.7 Å². The fraction of sp³-hybridized carbons (Fsp3) is 0.500. The Kier molecular flexibility index (Phi) is 3.84. The van der Waals surface area contributed by atoms with Gasteiger partial charge < -0.3 is 5.73 Å². The van der Waals surface area contributed by atoms with E-state index in [1.165, 1.54) is 0 Å². The minimum atomic E-state index is -3.31. The van der Waals surface area contributed by atoms with Crippen molar-refractivity contribution in [3.8, 4) is 0 Å². The van der Waals surface area contributed by atoms with Gasteiger partial charge in [-0.05, 0) is 44.9 Å². The zero-order valence-electron chi connectivity index (χ0n) is 10.7. The van der Waals surface area contributed by atoms with E-state index < -0.39 is 15.6 Å². The Morgan fingerprint density at radius 1 is 1.29 bits per heavy atom. The van der Waals surface area contributed by atoms with E-state index in [0.29, 0.717) is 5.69 Å². The van der Waals surface area contributed by atoms with Crippen LogP contribution in [0.2, 0.25) is 0 Å². The normalized spacial score (nSPS) is 12.7. The van der Waals surface area contributed by atoms with Crippen LogP contribution in [0, 0.1) is 6.92 Å². The van der Waals surface area contributed by atoms with Gasteiger partial charge in [0, 0.05) is 11.2 Å². The molecule has 4 nitrogen and oxygen atoms in total. The van der Waals surface area contributed by atoms with E-state index in [0.717, 1.165) is 11.1 Å². The summed E-state index contributed by atoms with van der Waals surface area (Å²) in [6, 6.07) is 5.28. The summed E-state index contributed by atoms with van der Waals surface area (Å²) in [7, 11) is -3.31. The highest BCUT2D eigenvalue weighted by Gasteiger charge is 2.20. The number of hydrogen-bond donors (Lipinski definition) is 2. The van der Waals surface area contributed by atoms with Crippen LogP contribution in [0.15, 0.2) is 18.2 Å². The maximum Gasteiger partial charge on any atom is 0.216 e. The lowest BCUT2D eigenvalue weighted by Crippen LogP contribution is -2.41. The highest BCUT2D eigenvalue weighted by Crippen LogP contribution is 2.15. The molecule has 1 aromatic rings. The average Bonchev–Trinajstić information content (AvgIpc) is 2.06. The Labute approximate surface area is 103 Å². The molecule has 0 fully saturated rings. The standard InChI is InChI=1S/C12H20N2O2S/c1-9-7-10(5-6-11(9)13)8-17(15,16)14-12(2,3)4/h5-7,14H,8,13H2,1-4H3. The molecule has 96 valence electrons. The lowest BCUT2D eigenvalue weighted by molar-refractivity contribution is 0.491. The van der Waals surface area contributed by atoms with Crippen molar-refractivity contribution in [3.63, 3.8) is 0 Å². The third kappa shape index (κ3) is 4.75. The molecular weight excluding hydrogens is 236 g/mol. The predicted molar refractivity (Wildman–Crippen MR) is 71.1 cm³/mol. The highest BCUT2D eigenvalue weighted by molar-refractivity contribution is 7.88. The van der Waals surface area contributed by atoms with E-state index in [1.54, 1.807) is 18.2 Å². The number of benzene rings is 1. The van der Waals surface area contributed by atoms with E-state index >= 15 is 0 Å². The van der Waals surface area contributed by atoms with Crippen LogP contribution in [0.4, 0.5) is 5.69 Å². The van der Waals surface area contributed by atoms with Crippen LogP contribution < -0.4 is 10.5 Å². The maximum atomic E-state index is 11.9. The van der Waals surface area contributed by atoms with Crippen LogP contribution in [-0.2, 0) is 15.8 Å². The van der Waals surface area contributed by atoms with E-state index in [9.17, 15) is 8.42 Å². The lowest BCUT2D eigenvalue weighted by Gasteiger charge is -2.20. The first-order valence-electron chi connectivity index (χ1n) is 5.46. The monoisotopic (exact) mass is 256 g/mol. The summed E-state index contributed by atoms with van der Waals surface area (Å²) in [5.41, 5.74) is 7.55. The Morgan fingerprint density at radius 3 is 2.35 bits per heavy atom. The summed E-state index contributed by atoms with van der Waals surface area (Å²) >= 11 is 0. The maximum absolute atomic E-state index is 11.9. The number of rotatable bonds is 3. The molecule has 1 aromatic carbocycles. The molecule has 1 rings (SSSR count). The zero-order chi connectivity index (χ0) is 13.3. The van der Waals surface area contributed by atoms with Gasteiger partial charge in [0.05, 0.1) is 5.75 Å². The third-order valence-electron chi connectivity index (χ3n) is 2.15. The SMILES string of the molecule is Cc1cc(CS(=O)(=O)NC(C)(C)C)ccc1N. The van der Waals surface area contributed by atoms with Crippen LogP contribution in [-0.4, -0.2) is 14.0 Å². The first-order valence-corrected chi connectivity index (χ1v) is 7.11. The Hall–Kier alpha value is -1.07. The van der Waals surface area contributed by atoms with E-state index in [4.69, 9.17) is 5.73 Å². The fourth-order valence-corrected chi connectivity index (χ4v) is 3.17. The van der Waals surface area contributed by atoms with E-state index in [1.807, 2.05) is 27.7 Å². The molecule has 0 aromatic heterocycles. The predicted octanol–water partition coefficient (Wildman–Crippen LogP) is 1.80. The Balaban J connectivity index is 2.87. The smallest absolute Gasteiger partial charge is 0.216 e.